The molecular weight excluding hydrogens is 376 g/mol. The number of rotatable bonds is 8. The summed E-state index contributed by atoms with van der Waals surface area (Å²) in [4.78, 5) is 5.04. The molecule has 1 aromatic heterocycles. The van der Waals surface area contributed by atoms with Crippen molar-refractivity contribution in [1.82, 2.24) is 19.6 Å². The Bertz CT molecular complexity index is 846. The van der Waals surface area contributed by atoms with Gasteiger partial charge < -0.3 is 9.84 Å². The topological polar surface area (TPSA) is 53.8 Å². The van der Waals surface area contributed by atoms with Gasteiger partial charge in [0.1, 0.15) is 5.75 Å². The van der Waals surface area contributed by atoms with E-state index in [2.05, 4.69) is 67.3 Å². The van der Waals surface area contributed by atoms with E-state index in [1.54, 1.807) is 7.11 Å². The van der Waals surface area contributed by atoms with Crippen molar-refractivity contribution in [2.24, 2.45) is 0 Å². The van der Waals surface area contributed by atoms with Gasteiger partial charge in [0.2, 0.25) is 0 Å². The summed E-state index contributed by atoms with van der Waals surface area (Å²) in [5, 5.41) is 14.4. The van der Waals surface area contributed by atoms with E-state index in [1.807, 2.05) is 0 Å². The Balaban J connectivity index is 1.69. The molecule has 1 unspecified atom stereocenters. The first-order valence-corrected chi connectivity index (χ1v) is 11.1. The molecule has 0 saturated carbocycles. The van der Waals surface area contributed by atoms with Crippen LogP contribution >= 0.6 is 0 Å². The highest BCUT2D eigenvalue weighted by Gasteiger charge is 2.28. The van der Waals surface area contributed by atoms with Crippen molar-refractivity contribution >= 4 is 0 Å². The lowest BCUT2D eigenvalue weighted by Crippen LogP contribution is -2.52. The molecule has 1 aromatic carbocycles. The average molecular weight is 415 g/mol. The van der Waals surface area contributed by atoms with Gasteiger partial charge in [0.25, 0.3) is 0 Å². The average Bonchev–Trinajstić information content (AvgIpc) is 2.99. The quantitative estimate of drug-likeness (QED) is 0.717. The molecule has 2 aromatic rings. The largest absolute Gasteiger partial charge is 0.496 e. The van der Waals surface area contributed by atoms with Crippen molar-refractivity contribution in [3.05, 3.63) is 46.3 Å². The molecule has 1 saturated heterocycles. The number of benzene rings is 1. The second-order valence-electron chi connectivity index (χ2n) is 8.86. The van der Waals surface area contributed by atoms with E-state index in [9.17, 15) is 5.11 Å². The molecule has 30 heavy (non-hydrogen) atoms. The van der Waals surface area contributed by atoms with Gasteiger partial charge in [0.15, 0.2) is 0 Å². The lowest BCUT2D eigenvalue weighted by molar-refractivity contribution is 0.0497. The Morgan fingerprint density at radius 2 is 1.93 bits per heavy atom. The number of hydrogen-bond acceptors (Lipinski definition) is 5. The highest BCUT2D eigenvalue weighted by atomic mass is 16.5. The molecule has 2 heterocycles. The van der Waals surface area contributed by atoms with E-state index in [0.29, 0.717) is 12.1 Å². The van der Waals surface area contributed by atoms with Crippen LogP contribution in [0.2, 0.25) is 0 Å². The summed E-state index contributed by atoms with van der Waals surface area (Å²) >= 11 is 0. The fraction of sp³-hybridized carbons (Fsp3) is 0.625. The van der Waals surface area contributed by atoms with E-state index < -0.39 is 0 Å². The molecule has 0 bridgehead atoms. The van der Waals surface area contributed by atoms with Gasteiger partial charge in [-0.1, -0.05) is 12.1 Å². The number of nitrogens with zero attached hydrogens (tertiary/aromatic N) is 4. The van der Waals surface area contributed by atoms with Crippen molar-refractivity contribution in [2.45, 2.75) is 66.2 Å². The van der Waals surface area contributed by atoms with Gasteiger partial charge in [0, 0.05) is 62.7 Å². The Labute approximate surface area is 181 Å². The molecule has 1 aliphatic heterocycles. The van der Waals surface area contributed by atoms with Crippen molar-refractivity contribution < 1.29 is 9.84 Å². The zero-order valence-corrected chi connectivity index (χ0v) is 19.5. The number of piperazine rings is 1. The zero-order chi connectivity index (χ0) is 21.8. The lowest BCUT2D eigenvalue weighted by Gasteiger charge is -2.41. The first kappa shape index (κ1) is 22.8. The fourth-order valence-corrected chi connectivity index (χ4v) is 4.66. The third kappa shape index (κ3) is 5.05. The predicted octanol–water partition coefficient (Wildman–Crippen LogP) is 3.47. The van der Waals surface area contributed by atoms with Crippen LogP contribution in [0.15, 0.2) is 18.2 Å². The van der Waals surface area contributed by atoms with Gasteiger partial charge in [0.05, 0.1) is 12.8 Å². The molecule has 0 radical (unpaired) electrons. The molecule has 166 valence electrons. The van der Waals surface area contributed by atoms with Crippen LogP contribution in [0.5, 0.6) is 5.75 Å². The lowest BCUT2D eigenvalue weighted by atomic mass is 10.0. The molecule has 1 atom stereocenters. The molecule has 6 nitrogen and oxygen atoms in total. The van der Waals surface area contributed by atoms with Crippen LogP contribution in [0.25, 0.3) is 0 Å². The Kier molecular flexibility index (Phi) is 7.55. The van der Waals surface area contributed by atoms with Crippen LogP contribution in [0, 0.1) is 20.8 Å². The number of aromatic nitrogens is 2. The van der Waals surface area contributed by atoms with Crippen LogP contribution in [-0.2, 0) is 13.1 Å². The molecule has 1 fully saturated rings. The standard InChI is InChI=1S/C24H38N4O2/c1-17(2)28-20(5)23(19(4)25-28)16-26-10-11-27(22(15-26)9-12-29)14-21-7-8-24(30-6)18(3)13-21/h7-8,13,17,22,29H,9-12,14-16H2,1-6H3. The van der Waals surface area contributed by atoms with E-state index in [-0.39, 0.29) is 6.61 Å². The minimum Gasteiger partial charge on any atom is -0.496 e. The Hall–Kier alpha value is -1.89. The van der Waals surface area contributed by atoms with Crippen molar-refractivity contribution in [3.63, 3.8) is 0 Å². The number of aliphatic hydroxyl groups excluding tert-OH is 1. The molecule has 0 aliphatic carbocycles. The highest BCUT2D eigenvalue weighted by molar-refractivity contribution is 5.36. The van der Waals surface area contributed by atoms with E-state index in [4.69, 9.17) is 9.84 Å². The second-order valence-corrected chi connectivity index (χ2v) is 8.86. The van der Waals surface area contributed by atoms with Crippen LogP contribution in [-0.4, -0.2) is 64.1 Å². The normalized spacial score (nSPS) is 18.3. The highest BCUT2D eigenvalue weighted by Crippen LogP contribution is 2.24. The summed E-state index contributed by atoms with van der Waals surface area (Å²) in [6, 6.07) is 7.16. The van der Waals surface area contributed by atoms with Crippen LogP contribution in [0.4, 0.5) is 0 Å². The van der Waals surface area contributed by atoms with Gasteiger partial charge in [-0.05, 0) is 58.2 Å². The number of methoxy groups -OCH3 is 1. The summed E-state index contributed by atoms with van der Waals surface area (Å²) in [5.74, 6) is 0.933. The SMILES string of the molecule is COc1ccc(CN2CCN(Cc3c(C)nn(C(C)C)c3C)CC2CCO)cc1C. The predicted molar refractivity (Wildman–Crippen MR) is 121 cm³/mol. The third-order valence-electron chi connectivity index (χ3n) is 6.34. The smallest absolute Gasteiger partial charge is 0.121 e. The zero-order valence-electron chi connectivity index (χ0n) is 19.5. The minimum absolute atomic E-state index is 0.222. The van der Waals surface area contributed by atoms with Crippen molar-refractivity contribution in [2.75, 3.05) is 33.4 Å². The summed E-state index contributed by atoms with van der Waals surface area (Å²) in [6.07, 6.45) is 0.800. The first-order chi connectivity index (χ1) is 14.3. The minimum atomic E-state index is 0.222. The maximum absolute atomic E-state index is 9.67. The van der Waals surface area contributed by atoms with Gasteiger partial charge in [-0.2, -0.15) is 5.10 Å². The van der Waals surface area contributed by atoms with Crippen molar-refractivity contribution in [3.8, 4) is 5.75 Å². The Morgan fingerprint density at radius 3 is 2.53 bits per heavy atom. The monoisotopic (exact) mass is 414 g/mol. The molecule has 0 amide bonds. The molecule has 6 heteroatoms. The summed E-state index contributed by atoms with van der Waals surface area (Å²) in [7, 11) is 1.72. The molecule has 1 N–H and O–H groups in total. The second kappa shape index (κ2) is 9.94. The van der Waals surface area contributed by atoms with E-state index >= 15 is 0 Å². The van der Waals surface area contributed by atoms with Gasteiger partial charge in [-0.15, -0.1) is 0 Å². The van der Waals surface area contributed by atoms with Gasteiger partial charge in [-0.25, -0.2) is 0 Å². The van der Waals surface area contributed by atoms with E-state index in [0.717, 1.165) is 50.6 Å². The van der Waals surface area contributed by atoms with Crippen molar-refractivity contribution in [1.29, 1.82) is 0 Å². The molecule has 0 spiro atoms. The maximum Gasteiger partial charge on any atom is 0.121 e. The number of ether oxygens (including phenoxy) is 1. The van der Waals surface area contributed by atoms with Gasteiger partial charge >= 0.3 is 0 Å². The van der Waals surface area contributed by atoms with Gasteiger partial charge in [-0.3, -0.25) is 14.5 Å². The first-order valence-electron chi connectivity index (χ1n) is 11.1. The number of aryl methyl sites for hydroxylation is 2. The molecular formula is C24H38N4O2. The van der Waals surface area contributed by atoms with Crippen LogP contribution < -0.4 is 4.74 Å². The van der Waals surface area contributed by atoms with E-state index in [1.165, 1.54) is 22.4 Å². The van der Waals surface area contributed by atoms with Crippen LogP contribution in [0.1, 0.15) is 54.4 Å². The maximum atomic E-state index is 9.67. The molecule has 1 aliphatic rings. The van der Waals surface area contributed by atoms with Crippen LogP contribution in [0.3, 0.4) is 0 Å². The summed E-state index contributed by atoms with van der Waals surface area (Å²) in [6.45, 7) is 15.8. The third-order valence-corrected chi connectivity index (χ3v) is 6.34. The number of hydrogen-bond donors (Lipinski definition) is 1. The summed E-state index contributed by atoms with van der Waals surface area (Å²) in [5.41, 5.74) is 6.23. The molecule has 3 rings (SSSR count). The number of aliphatic hydroxyl groups is 1. The fourth-order valence-electron chi connectivity index (χ4n) is 4.66. The summed E-state index contributed by atoms with van der Waals surface area (Å²) < 4.78 is 7.53. The Morgan fingerprint density at radius 1 is 1.17 bits per heavy atom.